The van der Waals surface area contributed by atoms with Crippen LogP contribution in [0, 0.1) is 12.8 Å². The predicted molar refractivity (Wildman–Crippen MR) is 112 cm³/mol. The number of benzene rings is 2. The lowest BCUT2D eigenvalue weighted by Gasteiger charge is -2.30. The number of hydrogen-bond acceptors (Lipinski definition) is 4. The summed E-state index contributed by atoms with van der Waals surface area (Å²) in [6, 6.07) is 20.6. The van der Waals surface area contributed by atoms with E-state index in [-0.39, 0.29) is 22.9 Å². The van der Waals surface area contributed by atoms with E-state index in [1.54, 1.807) is 18.0 Å². The zero-order chi connectivity index (χ0) is 19.1. The minimum Gasteiger partial charge on any atom is -0.468 e. The first kappa shape index (κ1) is 17.4. The van der Waals surface area contributed by atoms with Crippen molar-refractivity contribution in [3.63, 3.8) is 0 Å². The van der Waals surface area contributed by atoms with Crippen molar-refractivity contribution in [1.82, 2.24) is 0 Å². The molecule has 2 aliphatic rings. The van der Waals surface area contributed by atoms with Crippen molar-refractivity contribution in [3.8, 4) is 0 Å². The van der Waals surface area contributed by atoms with Crippen LogP contribution in [0.4, 0.5) is 5.69 Å². The van der Waals surface area contributed by atoms with E-state index in [4.69, 9.17) is 4.42 Å². The van der Waals surface area contributed by atoms with E-state index in [9.17, 15) is 4.79 Å². The molecule has 1 aliphatic heterocycles. The average Bonchev–Trinajstić information content (AvgIpc) is 3.17. The van der Waals surface area contributed by atoms with Gasteiger partial charge in [0.25, 0.3) is 0 Å². The second kappa shape index (κ2) is 7.02. The molecule has 0 fully saturated rings. The lowest BCUT2D eigenvalue weighted by Crippen LogP contribution is -2.30. The van der Waals surface area contributed by atoms with Crippen LogP contribution in [0.15, 0.2) is 88.0 Å². The summed E-state index contributed by atoms with van der Waals surface area (Å²) in [6.45, 7) is 2.08. The quantitative estimate of drug-likeness (QED) is 0.576. The Morgan fingerprint density at radius 2 is 1.86 bits per heavy atom. The van der Waals surface area contributed by atoms with E-state index in [0.29, 0.717) is 6.42 Å². The number of rotatable bonds is 2. The van der Waals surface area contributed by atoms with Crippen LogP contribution in [0.25, 0.3) is 0 Å². The van der Waals surface area contributed by atoms with E-state index in [0.717, 1.165) is 22.0 Å². The van der Waals surface area contributed by atoms with Gasteiger partial charge in [0.1, 0.15) is 11.5 Å². The molecule has 0 saturated carbocycles. The number of Topliss-reactive ketones (excluding diaryl/α,β-unsaturated/α-hetero) is 1. The number of thioether (sulfide) groups is 1. The molecule has 3 aromatic rings. The van der Waals surface area contributed by atoms with Crippen LogP contribution in [0.1, 0.15) is 34.5 Å². The second-order valence-corrected chi connectivity index (χ2v) is 8.65. The van der Waals surface area contributed by atoms with Gasteiger partial charge in [0.15, 0.2) is 0 Å². The standard InChI is InChI=1S/C24H21NO2S/c1-15-8-10-16(11-9-15)17-13-19-23(20(26)14-17)24(21-6-4-12-27-21)28-22-7-3-2-5-18(22)25-19/h2-13,17,23-25H,14H2,1H3/t17-,23-,24-/m0/s1. The predicted octanol–water partition coefficient (Wildman–Crippen LogP) is 6.10. The average molecular weight is 388 g/mol. The fraction of sp³-hybridized carbons (Fsp3) is 0.208. The minimum atomic E-state index is -0.231. The molecule has 0 spiro atoms. The van der Waals surface area contributed by atoms with Crippen LogP contribution >= 0.6 is 11.8 Å². The van der Waals surface area contributed by atoms with Gasteiger partial charge >= 0.3 is 0 Å². The van der Waals surface area contributed by atoms with E-state index in [2.05, 4.69) is 54.7 Å². The van der Waals surface area contributed by atoms with Gasteiger partial charge in [-0.1, -0.05) is 48.0 Å². The normalized spacial score (nSPS) is 23.8. The molecule has 3 atom stereocenters. The topological polar surface area (TPSA) is 42.2 Å². The molecule has 1 aromatic heterocycles. The van der Waals surface area contributed by atoms with Gasteiger partial charge in [-0.25, -0.2) is 0 Å². The first-order chi connectivity index (χ1) is 13.7. The summed E-state index contributed by atoms with van der Waals surface area (Å²) in [6.07, 6.45) is 4.45. The largest absolute Gasteiger partial charge is 0.468 e. The molecular weight excluding hydrogens is 366 g/mol. The van der Waals surface area contributed by atoms with Crippen molar-refractivity contribution in [2.75, 3.05) is 5.32 Å². The van der Waals surface area contributed by atoms with Gasteiger partial charge in [-0.3, -0.25) is 4.79 Å². The molecule has 1 aliphatic carbocycles. The maximum atomic E-state index is 13.4. The second-order valence-electron chi connectivity index (χ2n) is 7.46. The third-order valence-electron chi connectivity index (χ3n) is 5.54. The first-order valence-corrected chi connectivity index (χ1v) is 10.4. The van der Waals surface area contributed by atoms with Gasteiger partial charge < -0.3 is 9.73 Å². The van der Waals surface area contributed by atoms with Crippen LogP contribution in [-0.2, 0) is 4.79 Å². The summed E-state index contributed by atoms with van der Waals surface area (Å²) < 4.78 is 5.74. The summed E-state index contributed by atoms with van der Waals surface area (Å²) >= 11 is 1.71. The van der Waals surface area contributed by atoms with Crippen LogP contribution in [0.3, 0.4) is 0 Å². The Balaban J connectivity index is 1.61. The Morgan fingerprint density at radius 1 is 1.04 bits per heavy atom. The number of allylic oxidation sites excluding steroid dienone is 2. The van der Waals surface area contributed by atoms with Crippen molar-refractivity contribution in [1.29, 1.82) is 0 Å². The summed E-state index contributed by atoms with van der Waals surface area (Å²) in [7, 11) is 0. The zero-order valence-corrected chi connectivity index (χ0v) is 16.4. The minimum absolute atomic E-state index is 0.0659. The third-order valence-corrected chi connectivity index (χ3v) is 6.90. The molecule has 2 heterocycles. The molecular formula is C24H21NO2S. The third kappa shape index (κ3) is 3.08. The molecule has 0 saturated heterocycles. The van der Waals surface area contributed by atoms with Gasteiger partial charge in [0, 0.05) is 22.9 Å². The number of carbonyl (C=O) groups excluding carboxylic acids is 1. The summed E-state index contributed by atoms with van der Waals surface area (Å²) in [5, 5.41) is 3.51. The van der Waals surface area contributed by atoms with Gasteiger partial charge in [-0.2, -0.15) is 0 Å². The molecule has 2 aromatic carbocycles. The Labute approximate surface area is 168 Å². The van der Waals surface area contributed by atoms with Crippen molar-refractivity contribution in [2.24, 2.45) is 5.92 Å². The summed E-state index contributed by atoms with van der Waals surface area (Å²) in [5.74, 6) is 0.975. The smallest absolute Gasteiger partial charge is 0.144 e. The molecule has 0 bridgehead atoms. The lowest BCUT2D eigenvalue weighted by atomic mass is 9.79. The highest BCUT2D eigenvalue weighted by atomic mass is 32.2. The van der Waals surface area contributed by atoms with Gasteiger partial charge in [-0.15, -0.1) is 11.8 Å². The Bertz CT molecular complexity index is 1040. The molecule has 140 valence electrons. The molecule has 0 radical (unpaired) electrons. The van der Waals surface area contributed by atoms with E-state index in [1.165, 1.54) is 11.1 Å². The molecule has 1 N–H and O–H groups in total. The Morgan fingerprint density at radius 3 is 2.64 bits per heavy atom. The zero-order valence-electron chi connectivity index (χ0n) is 15.6. The Hall–Kier alpha value is -2.72. The monoisotopic (exact) mass is 387 g/mol. The number of nitrogens with one attached hydrogen (secondary N) is 1. The fourth-order valence-corrected chi connectivity index (χ4v) is 5.45. The van der Waals surface area contributed by atoms with Crippen LogP contribution < -0.4 is 5.32 Å². The van der Waals surface area contributed by atoms with Crippen molar-refractivity contribution in [3.05, 3.63) is 95.6 Å². The maximum absolute atomic E-state index is 13.4. The summed E-state index contributed by atoms with van der Waals surface area (Å²) in [4.78, 5) is 14.5. The molecule has 0 amide bonds. The fourth-order valence-electron chi connectivity index (χ4n) is 4.08. The number of ketones is 1. The number of aryl methyl sites for hydroxylation is 1. The van der Waals surface area contributed by atoms with E-state index in [1.807, 2.05) is 24.3 Å². The van der Waals surface area contributed by atoms with Gasteiger partial charge in [0.05, 0.1) is 23.1 Å². The molecule has 0 unspecified atom stereocenters. The number of para-hydroxylation sites is 1. The SMILES string of the molecule is Cc1ccc([C@H]2C=C3Nc4ccccc4S[C@@H](c4ccco4)[C@@H]3C(=O)C2)cc1. The first-order valence-electron chi connectivity index (χ1n) is 9.56. The summed E-state index contributed by atoms with van der Waals surface area (Å²) in [5.41, 5.74) is 4.45. The Kier molecular flexibility index (Phi) is 4.36. The number of anilines is 1. The van der Waals surface area contributed by atoms with Crippen molar-refractivity contribution in [2.45, 2.75) is 29.4 Å². The highest BCUT2D eigenvalue weighted by Gasteiger charge is 2.41. The highest BCUT2D eigenvalue weighted by Crippen LogP contribution is 2.51. The van der Waals surface area contributed by atoms with Gasteiger partial charge in [0.2, 0.25) is 0 Å². The highest BCUT2D eigenvalue weighted by molar-refractivity contribution is 7.99. The van der Waals surface area contributed by atoms with E-state index >= 15 is 0 Å². The molecule has 3 nitrogen and oxygen atoms in total. The van der Waals surface area contributed by atoms with Crippen LogP contribution in [0.5, 0.6) is 0 Å². The number of fused-ring (bicyclic) bond motifs is 2. The van der Waals surface area contributed by atoms with Gasteiger partial charge in [-0.05, 0) is 36.8 Å². The number of hydrogen-bond donors (Lipinski definition) is 1. The molecule has 28 heavy (non-hydrogen) atoms. The van der Waals surface area contributed by atoms with Crippen LogP contribution in [0.2, 0.25) is 0 Å². The molecule has 5 rings (SSSR count). The maximum Gasteiger partial charge on any atom is 0.144 e. The number of furan rings is 1. The molecule has 4 heteroatoms. The van der Waals surface area contributed by atoms with Crippen molar-refractivity contribution >= 4 is 23.2 Å². The lowest BCUT2D eigenvalue weighted by molar-refractivity contribution is -0.122. The van der Waals surface area contributed by atoms with Crippen molar-refractivity contribution < 1.29 is 9.21 Å². The van der Waals surface area contributed by atoms with Crippen LogP contribution in [-0.4, -0.2) is 5.78 Å². The van der Waals surface area contributed by atoms with E-state index < -0.39 is 0 Å². The number of carbonyl (C=O) groups is 1.